The van der Waals surface area contributed by atoms with Gasteiger partial charge in [-0.25, -0.2) is 4.79 Å². The monoisotopic (exact) mass is 504 g/mol. The predicted octanol–water partition coefficient (Wildman–Crippen LogP) is 6.70. The van der Waals surface area contributed by atoms with Gasteiger partial charge in [0.05, 0.1) is 11.1 Å². The largest absolute Gasteiger partial charge is 0.448 e. The Balaban J connectivity index is 1.11. The Kier molecular flexibility index (Phi) is 5.52. The molecule has 2 unspecified atom stereocenters. The van der Waals surface area contributed by atoms with Gasteiger partial charge in [-0.05, 0) is 72.2 Å². The van der Waals surface area contributed by atoms with E-state index in [9.17, 15) is 9.90 Å². The number of nitrogens with zero attached hydrogens (tertiary/aromatic N) is 2. The van der Waals surface area contributed by atoms with Crippen LogP contribution in [0.2, 0.25) is 0 Å². The number of hydrogen-bond donors (Lipinski definition) is 1. The van der Waals surface area contributed by atoms with Crippen molar-refractivity contribution >= 4 is 17.0 Å². The van der Waals surface area contributed by atoms with E-state index in [4.69, 9.17) is 4.74 Å². The molecule has 2 bridgehead atoms. The minimum atomic E-state index is -0.963. The summed E-state index contributed by atoms with van der Waals surface area (Å²) in [5, 5.41) is 12.9. The lowest BCUT2D eigenvalue weighted by Crippen LogP contribution is -2.59. The second-order valence-electron chi connectivity index (χ2n) is 11.2. The smallest absolute Gasteiger partial charge is 0.410 e. The van der Waals surface area contributed by atoms with Crippen LogP contribution < -0.4 is 0 Å². The van der Waals surface area contributed by atoms with Gasteiger partial charge in [0.25, 0.3) is 0 Å². The summed E-state index contributed by atoms with van der Waals surface area (Å²) < 4.78 is 6.06. The van der Waals surface area contributed by atoms with Crippen molar-refractivity contribution in [3.63, 3.8) is 0 Å². The van der Waals surface area contributed by atoms with Crippen LogP contribution in [0.1, 0.15) is 60.4 Å². The maximum absolute atomic E-state index is 13.6. The highest BCUT2D eigenvalue weighted by Gasteiger charge is 2.49. The van der Waals surface area contributed by atoms with Gasteiger partial charge >= 0.3 is 6.09 Å². The molecule has 5 heteroatoms. The summed E-state index contributed by atoms with van der Waals surface area (Å²) in [5.41, 5.74) is 6.76. The molecule has 0 saturated carbocycles. The minimum absolute atomic E-state index is 0.0324. The molecule has 4 aromatic rings. The SMILES string of the molecule is Cc1ccc2cc(C3(O)CC4CCCC(C3)N4C(=O)OCC3c4ccccc4-c4ccccc43)ccc2n1. The number of pyridine rings is 1. The predicted molar refractivity (Wildman–Crippen MR) is 148 cm³/mol. The normalized spacial score (nSPS) is 24.2. The first-order valence-corrected chi connectivity index (χ1v) is 13.7. The van der Waals surface area contributed by atoms with Crippen molar-refractivity contribution in [1.82, 2.24) is 9.88 Å². The van der Waals surface area contributed by atoms with E-state index in [-0.39, 0.29) is 24.1 Å². The lowest BCUT2D eigenvalue weighted by atomic mass is 9.72. The summed E-state index contributed by atoms with van der Waals surface area (Å²) in [6.07, 6.45) is 3.65. The van der Waals surface area contributed by atoms with Gasteiger partial charge in [-0.15, -0.1) is 0 Å². The third-order valence-corrected chi connectivity index (χ3v) is 8.92. The zero-order valence-corrected chi connectivity index (χ0v) is 21.6. The van der Waals surface area contributed by atoms with E-state index in [0.29, 0.717) is 19.4 Å². The molecule has 1 N–H and O–H groups in total. The molecule has 3 aliphatic rings. The van der Waals surface area contributed by atoms with Gasteiger partial charge in [0.2, 0.25) is 0 Å². The number of aromatic nitrogens is 1. The van der Waals surface area contributed by atoms with Gasteiger partial charge in [-0.2, -0.15) is 0 Å². The number of amides is 1. The molecule has 1 aromatic heterocycles. The molecule has 1 aliphatic carbocycles. The van der Waals surface area contributed by atoms with E-state index < -0.39 is 5.60 Å². The summed E-state index contributed by atoms with van der Waals surface area (Å²) in [7, 11) is 0. The highest BCUT2D eigenvalue weighted by molar-refractivity contribution is 5.80. The zero-order valence-electron chi connectivity index (χ0n) is 21.6. The third kappa shape index (κ3) is 3.80. The molecule has 3 aromatic carbocycles. The Morgan fingerprint density at radius 1 is 0.947 bits per heavy atom. The van der Waals surface area contributed by atoms with Crippen LogP contribution in [0.5, 0.6) is 0 Å². The number of carbonyl (C=O) groups excluding carboxylic acids is 1. The minimum Gasteiger partial charge on any atom is -0.448 e. The fourth-order valence-corrected chi connectivity index (χ4v) is 7.15. The first-order chi connectivity index (χ1) is 18.5. The lowest BCUT2D eigenvalue weighted by Gasteiger charge is -2.51. The topological polar surface area (TPSA) is 62.7 Å². The molecule has 2 aliphatic heterocycles. The molecule has 38 heavy (non-hydrogen) atoms. The second-order valence-corrected chi connectivity index (χ2v) is 11.2. The number of rotatable bonds is 3. The second kappa shape index (κ2) is 8.95. The van der Waals surface area contributed by atoms with Crippen molar-refractivity contribution in [3.8, 4) is 11.1 Å². The highest BCUT2D eigenvalue weighted by atomic mass is 16.6. The van der Waals surface area contributed by atoms with Crippen molar-refractivity contribution in [3.05, 3.63) is 101 Å². The van der Waals surface area contributed by atoms with E-state index in [1.54, 1.807) is 0 Å². The fourth-order valence-electron chi connectivity index (χ4n) is 7.15. The van der Waals surface area contributed by atoms with Crippen molar-refractivity contribution in [1.29, 1.82) is 0 Å². The molecule has 2 atom stereocenters. The van der Waals surface area contributed by atoms with Crippen molar-refractivity contribution < 1.29 is 14.6 Å². The Bertz CT molecular complexity index is 1490. The average Bonchev–Trinajstić information content (AvgIpc) is 3.24. The Morgan fingerprint density at radius 2 is 1.61 bits per heavy atom. The Morgan fingerprint density at radius 3 is 2.29 bits per heavy atom. The van der Waals surface area contributed by atoms with Crippen LogP contribution >= 0.6 is 0 Å². The van der Waals surface area contributed by atoms with Crippen molar-refractivity contribution in [2.75, 3.05) is 6.61 Å². The van der Waals surface area contributed by atoms with E-state index in [0.717, 1.165) is 41.4 Å². The number of hydrogen-bond acceptors (Lipinski definition) is 4. The van der Waals surface area contributed by atoms with Crippen LogP contribution in [0, 0.1) is 6.92 Å². The Hall–Kier alpha value is -3.70. The van der Waals surface area contributed by atoms with E-state index in [1.165, 1.54) is 22.3 Å². The van der Waals surface area contributed by atoms with Crippen LogP contribution in [0.3, 0.4) is 0 Å². The quantitative estimate of drug-likeness (QED) is 0.337. The highest BCUT2D eigenvalue weighted by Crippen LogP contribution is 2.47. The Labute approximate surface area is 223 Å². The maximum Gasteiger partial charge on any atom is 0.410 e. The van der Waals surface area contributed by atoms with Crippen LogP contribution in [0.25, 0.3) is 22.0 Å². The number of piperidine rings is 2. The van der Waals surface area contributed by atoms with Gasteiger partial charge in [0.1, 0.15) is 6.61 Å². The zero-order chi connectivity index (χ0) is 25.9. The van der Waals surface area contributed by atoms with Crippen LogP contribution in [-0.2, 0) is 10.3 Å². The number of aryl methyl sites for hydroxylation is 1. The molecule has 7 rings (SSSR count). The molecular formula is C33H32N2O3. The standard InChI is InChI=1S/C33H32N2O3/c1-21-13-14-22-17-23(15-16-31(22)34-21)33(37)18-24-7-6-8-25(19-33)35(24)32(36)38-20-30-28-11-4-2-9-26(28)27-10-3-5-12-29(27)30/h2-5,9-17,24-25,30,37H,6-8,18-20H2,1H3. The van der Waals surface area contributed by atoms with Gasteiger partial charge in [0, 0.05) is 41.9 Å². The van der Waals surface area contributed by atoms with Crippen LogP contribution in [-0.4, -0.2) is 39.8 Å². The van der Waals surface area contributed by atoms with Gasteiger partial charge in [-0.1, -0.05) is 60.7 Å². The van der Waals surface area contributed by atoms with Crippen LogP contribution in [0.15, 0.2) is 78.9 Å². The molecule has 0 radical (unpaired) electrons. The van der Waals surface area contributed by atoms with E-state index in [2.05, 4.69) is 65.6 Å². The first kappa shape index (κ1) is 23.4. The van der Waals surface area contributed by atoms with Gasteiger partial charge < -0.3 is 14.7 Å². The average molecular weight is 505 g/mol. The number of benzene rings is 3. The number of carbonyl (C=O) groups is 1. The molecule has 2 saturated heterocycles. The van der Waals surface area contributed by atoms with E-state index in [1.807, 2.05) is 30.0 Å². The van der Waals surface area contributed by atoms with E-state index >= 15 is 0 Å². The summed E-state index contributed by atoms with van der Waals surface area (Å²) in [6, 6.07) is 26.9. The number of ether oxygens (including phenoxy) is 1. The summed E-state index contributed by atoms with van der Waals surface area (Å²) >= 11 is 0. The third-order valence-electron chi connectivity index (χ3n) is 8.92. The summed E-state index contributed by atoms with van der Waals surface area (Å²) in [6.45, 7) is 2.31. The summed E-state index contributed by atoms with van der Waals surface area (Å²) in [4.78, 5) is 20.1. The lowest BCUT2D eigenvalue weighted by molar-refractivity contribution is -0.0890. The van der Waals surface area contributed by atoms with Crippen molar-refractivity contribution in [2.45, 2.75) is 62.6 Å². The first-order valence-electron chi connectivity index (χ1n) is 13.7. The summed E-state index contributed by atoms with van der Waals surface area (Å²) in [5.74, 6) is 0.0442. The molecule has 1 amide bonds. The van der Waals surface area contributed by atoms with Crippen LogP contribution in [0.4, 0.5) is 4.79 Å². The molecule has 3 heterocycles. The number of aliphatic hydroxyl groups is 1. The molecule has 5 nitrogen and oxygen atoms in total. The molecule has 0 spiro atoms. The maximum atomic E-state index is 13.6. The fraction of sp³-hybridized carbons (Fsp3) is 0.333. The van der Waals surface area contributed by atoms with Crippen molar-refractivity contribution in [2.24, 2.45) is 0 Å². The number of fused-ring (bicyclic) bond motifs is 6. The molecule has 2 fully saturated rings. The van der Waals surface area contributed by atoms with Gasteiger partial charge in [0.15, 0.2) is 0 Å². The molecular weight excluding hydrogens is 472 g/mol. The van der Waals surface area contributed by atoms with Gasteiger partial charge in [-0.3, -0.25) is 4.98 Å². The molecule has 192 valence electrons.